The van der Waals surface area contributed by atoms with Crippen LogP contribution in [0, 0.1) is 0 Å². The maximum atomic E-state index is 11.8. The molecule has 0 aromatic carbocycles. The summed E-state index contributed by atoms with van der Waals surface area (Å²) in [6.45, 7) is 0. The first-order chi connectivity index (χ1) is 6.97. The van der Waals surface area contributed by atoms with Gasteiger partial charge in [0, 0.05) is 27.3 Å². The van der Waals surface area contributed by atoms with E-state index in [0.29, 0.717) is 5.69 Å². The summed E-state index contributed by atoms with van der Waals surface area (Å²) >= 11 is 0. The Morgan fingerprint density at radius 3 is 2.60 bits per heavy atom. The number of hydrogen-bond acceptors (Lipinski definition) is 5. The van der Waals surface area contributed by atoms with Crippen molar-refractivity contribution in [1.29, 1.82) is 0 Å². The van der Waals surface area contributed by atoms with E-state index in [1.807, 2.05) is 0 Å². The first-order valence-corrected chi connectivity index (χ1v) is 5.78. The van der Waals surface area contributed by atoms with Gasteiger partial charge >= 0.3 is 0 Å². The Balaban J connectivity index is 3.15. The van der Waals surface area contributed by atoms with Gasteiger partial charge in [-0.3, -0.25) is 0 Å². The molecule has 1 rings (SSSR count). The van der Waals surface area contributed by atoms with Crippen LogP contribution in [-0.2, 0) is 10.0 Å². The fraction of sp³-hybridized carbons (Fsp3) is 0.375. The van der Waals surface area contributed by atoms with Crippen molar-refractivity contribution in [2.75, 3.05) is 26.5 Å². The van der Waals surface area contributed by atoms with Gasteiger partial charge in [-0.05, 0) is 12.1 Å². The Labute approximate surface area is 89.3 Å². The number of rotatable bonds is 4. The van der Waals surface area contributed by atoms with Crippen LogP contribution < -0.4 is 10.1 Å². The molecule has 6 nitrogen and oxygen atoms in total. The third kappa shape index (κ3) is 2.88. The standard InChI is InChI=1S/C8H14N4O2S/c1-9-7-5-4-6-10-8(7)15(13,14)11-12(2)3/h4-6,9,11H,1-3H3. The van der Waals surface area contributed by atoms with Gasteiger partial charge in [-0.15, -0.1) is 4.83 Å². The van der Waals surface area contributed by atoms with Crippen molar-refractivity contribution in [1.82, 2.24) is 14.8 Å². The Morgan fingerprint density at radius 2 is 2.07 bits per heavy atom. The van der Waals surface area contributed by atoms with E-state index in [2.05, 4.69) is 15.1 Å². The summed E-state index contributed by atoms with van der Waals surface area (Å²) in [7, 11) is 1.24. The van der Waals surface area contributed by atoms with Crippen molar-refractivity contribution in [3.63, 3.8) is 0 Å². The van der Waals surface area contributed by atoms with Crippen molar-refractivity contribution in [3.05, 3.63) is 18.3 Å². The summed E-state index contributed by atoms with van der Waals surface area (Å²) in [6, 6.07) is 3.32. The Kier molecular flexibility index (Phi) is 3.61. The first-order valence-electron chi connectivity index (χ1n) is 4.30. The number of anilines is 1. The highest BCUT2D eigenvalue weighted by Gasteiger charge is 2.19. The highest BCUT2D eigenvalue weighted by molar-refractivity contribution is 7.89. The summed E-state index contributed by atoms with van der Waals surface area (Å²) in [5.74, 6) is 0. The lowest BCUT2D eigenvalue weighted by Crippen LogP contribution is -2.36. The second-order valence-corrected chi connectivity index (χ2v) is 4.67. The first kappa shape index (κ1) is 11.9. The lowest BCUT2D eigenvalue weighted by atomic mass is 10.4. The minimum atomic E-state index is -3.60. The summed E-state index contributed by atoms with van der Waals surface area (Å²) in [4.78, 5) is 6.15. The van der Waals surface area contributed by atoms with E-state index in [1.165, 1.54) is 11.2 Å². The number of nitrogens with zero attached hydrogens (tertiary/aromatic N) is 2. The molecule has 84 valence electrons. The van der Waals surface area contributed by atoms with E-state index < -0.39 is 10.0 Å². The maximum Gasteiger partial charge on any atom is 0.272 e. The van der Waals surface area contributed by atoms with Gasteiger partial charge in [-0.1, -0.05) is 0 Å². The van der Waals surface area contributed by atoms with E-state index in [9.17, 15) is 8.42 Å². The highest BCUT2D eigenvalue weighted by Crippen LogP contribution is 2.16. The van der Waals surface area contributed by atoms with Gasteiger partial charge in [0.2, 0.25) is 0 Å². The summed E-state index contributed by atoms with van der Waals surface area (Å²) in [5.41, 5.74) is 0.465. The number of nitrogens with one attached hydrogen (secondary N) is 2. The van der Waals surface area contributed by atoms with Gasteiger partial charge in [0.1, 0.15) is 0 Å². The average Bonchev–Trinajstić information content (AvgIpc) is 2.16. The van der Waals surface area contributed by atoms with Crippen molar-refractivity contribution >= 4 is 15.7 Å². The molecule has 0 aliphatic carbocycles. The minimum Gasteiger partial charge on any atom is -0.386 e. The number of hydrogen-bond donors (Lipinski definition) is 2. The Bertz CT molecular complexity index is 430. The molecule has 0 spiro atoms. The zero-order valence-electron chi connectivity index (χ0n) is 8.85. The van der Waals surface area contributed by atoms with Gasteiger partial charge in [0.25, 0.3) is 10.0 Å². The molecule has 0 aliphatic heterocycles. The topological polar surface area (TPSA) is 74.3 Å². The zero-order valence-corrected chi connectivity index (χ0v) is 9.67. The van der Waals surface area contributed by atoms with Crippen LogP contribution >= 0.6 is 0 Å². The predicted molar refractivity (Wildman–Crippen MR) is 57.8 cm³/mol. The van der Waals surface area contributed by atoms with E-state index in [4.69, 9.17) is 0 Å². The third-order valence-electron chi connectivity index (χ3n) is 1.60. The summed E-state index contributed by atoms with van der Waals surface area (Å²) in [6.07, 6.45) is 1.44. The van der Waals surface area contributed by atoms with E-state index in [1.54, 1.807) is 33.3 Å². The van der Waals surface area contributed by atoms with Crippen molar-refractivity contribution < 1.29 is 8.42 Å². The molecule has 0 unspecified atom stereocenters. The molecular weight excluding hydrogens is 216 g/mol. The summed E-state index contributed by atoms with van der Waals surface area (Å²) in [5, 5.41) is 4.11. The smallest absolute Gasteiger partial charge is 0.272 e. The molecule has 15 heavy (non-hydrogen) atoms. The van der Waals surface area contributed by atoms with Crippen LogP contribution in [0.2, 0.25) is 0 Å². The SMILES string of the molecule is CNc1cccnc1S(=O)(=O)NN(C)C. The molecule has 0 fully saturated rings. The minimum absolute atomic E-state index is 0.0128. The molecule has 0 atom stereocenters. The Hall–Kier alpha value is -1.18. The van der Waals surface area contributed by atoms with Crippen LogP contribution in [0.25, 0.3) is 0 Å². The molecule has 7 heteroatoms. The molecule has 1 aromatic heterocycles. The molecule has 0 saturated carbocycles. The van der Waals surface area contributed by atoms with Gasteiger partial charge < -0.3 is 5.32 Å². The second kappa shape index (κ2) is 4.56. The van der Waals surface area contributed by atoms with Crippen molar-refractivity contribution in [2.45, 2.75) is 5.03 Å². The summed E-state index contributed by atoms with van der Waals surface area (Å²) < 4.78 is 23.5. The Morgan fingerprint density at radius 1 is 1.40 bits per heavy atom. The van der Waals surface area contributed by atoms with E-state index in [0.717, 1.165) is 0 Å². The molecule has 2 N–H and O–H groups in total. The monoisotopic (exact) mass is 230 g/mol. The van der Waals surface area contributed by atoms with Gasteiger partial charge in [-0.2, -0.15) is 0 Å². The van der Waals surface area contributed by atoms with Crippen LogP contribution in [-0.4, -0.2) is 39.6 Å². The van der Waals surface area contributed by atoms with Gasteiger partial charge in [0.15, 0.2) is 5.03 Å². The molecule has 0 radical (unpaired) electrons. The molecule has 0 bridgehead atoms. The molecule has 1 heterocycles. The van der Waals surface area contributed by atoms with Crippen LogP contribution in [0.3, 0.4) is 0 Å². The second-order valence-electron chi connectivity index (χ2n) is 3.10. The number of aromatic nitrogens is 1. The average molecular weight is 230 g/mol. The molecule has 0 saturated heterocycles. The predicted octanol–water partition coefficient (Wildman–Crippen LogP) is -0.122. The number of sulfonamides is 1. The van der Waals surface area contributed by atoms with Crippen LogP contribution in [0.5, 0.6) is 0 Å². The normalized spacial score (nSPS) is 11.7. The molecular formula is C8H14N4O2S. The van der Waals surface area contributed by atoms with Crippen LogP contribution in [0.4, 0.5) is 5.69 Å². The maximum absolute atomic E-state index is 11.8. The van der Waals surface area contributed by atoms with Crippen molar-refractivity contribution in [2.24, 2.45) is 0 Å². The largest absolute Gasteiger partial charge is 0.386 e. The van der Waals surface area contributed by atoms with Crippen LogP contribution in [0.15, 0.2) is 23.4 Å². The highest BCUT2D eigenvalue weighted by atomic mass is 32.2. The molecule has 0 amide bonds. The quantitative estimate of drug-likeness (QED) is 0.705. The molecule has 0 aliphatic rings. The number of pyridine rings is 1. The van der Waals surface area contributed by atoms with E-state index in [-0.39, 0.29) is 5.03 Å². The van der Waals surface area contributed by atoms with E-state index >= 15 is 0 Å². The fourth-order valence-electron chi connectivity index (χ4n) is 1.08. The van der Waals surface area contributed by atoms with Crippen LogP contribution in [0.1, 0.15) is 0 Å². The fourth-order valence-corrected chi connectivity index (χ4v) is 2.31. The molecule has 1 aromatic rings. The zero-order chi connectivity index (χ0) is 11.5. The lowest BCUT2D eigenvalue weighted by Gasteiger charge is -2.13. The third-order valence-corrected chi connectivity index (χ3v) is 3.04. The number of hydrazine groups is 1. The lowest BCUT2D eigenvalue weighted by molar-refractivity contribution is 0.363. The van der Waals surface area contributed by atoms with Gasteiger partial charge in [-0.25, -0.2) is 18.4 Å². The van der Waals surface area contributed by atoms with Gasteiger partial charge in [0.05, 0.1) is 5.69 Å². The van der Waals surface area contributed by atoms with Crippen molar-refractivity contribution in [3.8, 4) is 0 Å².